The van der Waals surface area contributed by atoms with E-state index in [1.54, 1.807) is 18.2 Å². The van der Waals surface area contributed by atoms with Crippen LogP contribution in [0.5, 0.6) is 11.5 Å². The van der Waals surface area contributed by atoms with Gasteiger partial charge in [0.15, 0.2) is 11.5 Å². The first kappa shape index (κ1) is 20.0. The zero-order chi connectivity index (χ0) is 20.3. The highest BCUT2D eigenvalue weighted by Gasteiger charge is 2.29. The van der Waals surface area contributed by atoms with Gasteiger partial charge in [-0.2, -0.15) is 4.31 Å². The summed E-state index contributed by atoms with van der Waals surface area (Å²) in [5.74, 6) is -0.404. The summed E-state index contributed by atoms with van der Waals surface area (Å²) < 4.78 is 37.7. The minimum absolute atomic E-state index is 0.110. The van der Waals surface area contributed by atoms with Crippen molar-refractivity contribution in [2.24, 2.45) is 0 Å². The summed E-state index contributed by atoms with van der Waals surface area (Å²) >= 11 is 0. The minimum Gasteiger partial charge on any atom is -0.545 e. The van der Waals surface area contributed by atoms with Crippen LogP contribution in [0.1, 0.15) is 10.4 Å². The molecule has 28 heavy (non-hydrogen) atoms. The number of sulfonamides is 1. The van der Waals surface area contributed by atoms with Gasteiger partial charge in [-0.1, -0.05) is 12.1 Å². The second-order valence-corrected chi connectivity index (χ2v) is 8.18. The highest BCUT2D eigenvalue weighted by molar-refractivity contribution is 7.89. The maximum Gasteiger partial charge on any atom is 0.243 e. The van der Waals surface area contributed by atoms with Gasteiger partial charge in [-0.15, -0.1) is 0 Å². The predicted molar refractivity (Wildman–Crippen MR) is 101 cm³/mol. The molecule has 150 valence electrons. The minimum atomic E-state index is -3.66. The molecule has 1 aliphatic heterocycles. The Kier molecular flexibility index (Phi) is 5.76. The molecule has 3 rings (SSSR count). The van der Waals surface area contributed by atoms with E-state index in [0.717, 1.165) is 5.69 Å². The van der Waals surface area contributed by atoms with Crippen LogP contribution in [-0.4, -0.2) is 59.1 Å². The third kappa shape index (κ3) is 3.90. The Morgan fingerprint density at radius 2 is 1.54 bits per heavy atom. The molecule has 0 aliphatic carbocycles. The Bertz CT molecular complexity index is 951. The van der Waals surface area contributed by atoms with E-state index >= 15 is 0 Å². The molecular formula is C19H21N2O6S-. The first-order chi connectivity index (χ1) is 13.4. The summed E-state index contributed by atoms with van der Waals surface area (Å²) in [5.41, 5.74) is 0.951. The molecule has 2 aromatic rings. The normalized spacial score (nSPS) is 15.3. The first-order valence-electron chi connectivity index (χ1n) is 8.65. The molecule has 0 saturated carbocycles. The van der Waals surface area contributed by atoms with E-state index in [-0.39, 0.29) is 10.5 Å². The molecule has 0 amide bonds. The monoisotopic (exact) mass is 405 g/mol. The lowest BCUT2D eigenvalue weighted by Crippen LogP contribution is -2.48. The van der Waals surface area contributed by atoms with Crippen LogP contribution in [0.4, 0.5) is 5.69 Å². The van der Waals surface area contributed by atoms with Gasteiger partial charge in [0.05, 0.1) is 25.1 Å². The molecule has 1 fully saturated rings. The SMILES string of the molecule is COc1ccc(S(=O)(=O)N2CCN(c3ccc(C(=O)[O-])cc3)CC2)cc1OC. The Morgan fingerprint density at radius 3 is 2.07 bits per heavy atom. The van der Waals surface area contributed by atoms with Crippen molar-refractivity contribution >= 4 is 21.7 Å². The van der Waals surface area contributed by atoms with E-state index in [9.17, 15) is 18.3 Å². The van der Waals surface area contributed by atoms with Gasteiger partial charge in [-0.05, 0) is 29.8 Å². The van der Waals surface area contributed by atoms with Crippen LogP contribution in [0.15, 0.2) is 47.4 Å². The maximum atomic E-state index is 13.0. The van der Waals surface area contributed by atoms with Gasteiger partial charge < -0.3 is 24.3 Å². The quantitative estimate of drug-likeness (QED) is 0.693. The van der Waals surface area contributed by atoms with E-state index in [1.165, 1.54) is 42.8 Å². The molecule has 1 heterocycles. The van der Waals surface area contributed by atoms with Gasteiger partial charge in [0.25, 0.3) is 0 Å². The number of piperazine rings is 1. The summed E-state index contributed by atoms with van der Waals surface area (Å²) in [5, 5.41) is 10.8. The number of carbonyl (C=O) groups is 1. The van der Waals surface area contributed by atoms with Gasteiger partial charge >= 0.3 is 0 Å². The van der Waals surface area contributed by atoms with Crippen LogP contribution in [0, 0.1) is 0 Å². The Balaban J connectivity index is 1.72. The van der Waals surface area contributed by atoms with Crippen LogP contribution in [0.2, 0.25) is 0 Å². The summed E-state index contributed by atoms with van der Waals surface area (Å²) in [7, 11) is -0.710. The standard InChI is InChI=1S/C19H22N2O6S/c1-26-17-8-7-16(13-18(17)27-2)28(24,25)21-11-9-20(10-12-21)15-5-3-14(4-6-15)19(22)23/h3-8,13H,9-12H2,1-2H3,(H,22,23)/p-1. The largest absolute Gasteiger partial charge is 0.545 e. The van der Waals surface area contributed by atoms with Crippen molar-refractivity contribution in [3.05, 3.63) is 48.0 Å². The van der Waals surface area contributed by atoms with E-state index in [4.69, 9.17) is 9.47 Å². The molecule has 1 saturated heterocycles. The topological polar surface area (TPSA) is 99.2 Å². The number of methoxy groups -OCH3 is 2. The summed E-state index contributed by atoms with van der Waals surface area (Å²) in [6.07, 6.45) is 0. The number of hydrogen-bond acceptors (Lipinski definition) is 7. The maximum absolute atomic E-state index is 13.0. The Morgan fingerprint density at radius 1 is 0.929 bits per heavy atom. The first-order valence-corrected chi connectivity index (χ1v) is 10.1. The molecule has 0 spiro atoms. The van der Waals surface area contributed by atoms with Gasteiger partial charge in [-0.25, -0.2) is 8.42 Å². The summed E-state index contributed by atoms with van der Waals surface area (Å²) in [4.78, 5) is 13.0. The van der Waals surface area contributed by atoms with E-state index in [0.29, 0.717) is 37.7 Å². The second kappa shape index (κ2) is 8.07. The zero-order valence-corrected chi connectivity index (χ0v) is 16.4. The fourth-order valence-electron chi connectivity index (χ4n) is 3.12. The van der Waals surface area contributed by atoms with Crippen molar-refractivity contribution in [3.63, 3.8) is 0 Å². The third-order valence-electron chi connectivity index (χ3n) is 4.70. The van der Waals surface area contributed by atoms with Crippen LogP contribution in [-0.2, 0) is 10.0 Å². The van der Waals surface area contributed by atoms with Crippen molar-refractivity contribution < 1.29 is 27.8 Å². The number of ether oxygens (including phenoxy) is 2. The van der Waals surface area contributed by atoms with Gasteiger partial charge in [-0.3, -0.25) is 0 Å². The molecule has 0 unspecified atom stereocenters. The lowest BCUT2D eigenvalue weighted by molar-refractivity contribution is -0.255. The molecule has 1 aliphatic rings. The number of carbonyl (C=O) groups excluding carboxylic acids is 1. The smallest absolute Gasteiger partial charge is 0.243 e. The van der Waals surface area contributed by atoms with Gasteiger partial charge in [0.1, 0.15) is 0 Å². The van der Waals surface area contributed by atoms with E-state index < -0.39 is 16.0 Å². The predicted octanol–water partition coefficient (Wildman–Crippen LogP) is 0.578. The van der Waals surface area contributed by atoms with Crippen LogP contribution >= 0.6 is 0 Å². The number of nitrogens with zero attached hydrogens (tertiary/aromatic N) is 2. The molecule has 2 aromatic carbocycles. The van der Waals surface area contributed by atoms with Crippen molar-refractivity contribution in [1.82, 2.24) is 4.31 Å². The second-order valence-electron chi connectivity index (χ2n) is 6.24. The molecule has 0 aromatic heterocycles. The Labute approximate surface area is 164 Å². The molecular weight excluding hydrogens is 384 g/mol. The number of hydrogen-bond donors (Lipinski definition) is 0. The van der Waals surface area contributed by atoms with Crippen LogP contribution in [0.25, 0.3) is 0 Å². The lowest BCUT2D eigenvalue weighted by atomic mass is 10.2. The number of carboxylic acid groups (broad SMARTS) is 1. The number of anilines is 1. The molecule has 0 bridgehead atoms. The third-order valence-corrected chi connectivity index (χ3v) is 6.59. The van der Waals surface area contributed by atoms with Gasteiger partial charge in [0, 0.05) is 37.9 Å². The molecule has 0 N–H and O–H groups in total. The molecule has 9 heteroatoms. The van der Waals surface area contributed by atoms with Crippen molar-refractivity contribution in [2.75, 3.05) is 45.3 Å². The summed E-state index contributed by atoms with van der Waals surface area (Å²) in [6, 6.07) is 10.9. The molecule has 8 nitrogen and oxygen atoms in total. The number of benzene rings is 2. The summed E-state index contributed by atoms with van der Waals surface area (Å²) in [6.45, 7) is 1.63. The number of rotatable bonds is 6. The van der Waals surface area contributed by atoms with Crippen molar-refractivity contribution in [1.29, 1.82) is 0 Å². The van der Waals surface area contributed by atoms with Gasteiger partial charge in [0.2, 0.25) is 10.0 Å². The van der Waals surface area contributed by atoms with Crippen LogP contribution in [0.3, 0.4) is 0 Å². The molecule has 0 atom stereocenters. The van der Waals surface area contributed by atoms with E-state index in [1.807, 2.05) is 4.90 Å². The number of carboxylic acids is 1. The Hall–Kier alpha value is -2.78. The van der Waals surface area contributed by atoms with Crippen LogP contribution < -0.4 is 19.5 Å². The highest BCUT2D eigenvalue weighted by atomic mass is 32.2. The lowest BCUT2D eigenvalue weighted by Gasteiger charge is -2.35. The average Bonchev–Trinajstić information content (AvgIpc) is 2.73. The fourth-order valence-corrected chi connectivity index (χ4v) is 4.56. The van der Waals surface area contributed by atoms with Crippen molar-refractivity contribution in [2.45, 2.75) is 4.90 Å². The molecule has 0 radical (unpaired) electrons. The van der Waals surface area contributed by atoms with E-state index in [2.05, 4.69) is 0 Å². The highest BCUT2D eigenvalue weighted by Crippen LogP contribution is 2.31. The fraction of sp³-hybridized carbons (Fsp3) is 0.316. The zero-order valence-electron chi connectivity index (χ0n) is 15.6. The average molecular weight is 405 g/mol. The number of aromatic carboxylic acids is 1. The van der Waals surface area contributed by atoms with Crippen molar-refractivity contribution in [3.8, 4) is 11.5 Å².